The largest absolute Gasteiger partial charge is 0.495 e. The highest BCUT2D eigenvalue weighted by atomic mass is 35.5. The average molecular weight is 188 g/mol. The van der Waals surface area contributed by atoms with Gasteiger partial charge in [-0.3, -0.25) is 0 Å². The van der Waals surface area contributed by atoms with E-state index in [1.54, 1.807) is 25.3 Å². The number of rotatable bonds is 3. The molecule has 0 unspecified atom stereocenters. The zero-order chi connectivity index (χ0) is 8.97. The Morgan fingerprint density at radius 2 is 2.33 bits per heavy atom. The maximum Gasteiger partial charge on any atom is 0.142 e. The van der Waals surface area contributed by atoms with E-state index in [2.05, 4.69) is 5.32 Å². The lowest BCUT2D eigenvalue weighted by Gasteiger charge is -2.08. The molecule has 0 fully saturated rings. The van der Waals surface area contributed by atoms with Gasteiger partial charge in [-0.1, -0.05) is 11.6 Å². The minimum atomic E-state index is -0.142. The molecule has 0 saturated heterocycles. The van der Waals surface area contributed by atoms with Crippen LogP contribution in [-0.4, -0.2) is 18.9 Å². The van der Waals surface area contributed by atoms with Gasteiger partial charge in [0.25, 0.3) is 0 Å². The fourth-order valence-electron chi connectivity index (χ4n) is 0.904. The molecule has 0 atom stereocenters. The number of aliphatic hydroxyl groups is 1. The van der Waals surface area contributed by atoms with E-state index in [0.29, 0.717) is 16.5 Å². The van der Waals surface area contributed by atoms with Gasteiger partial charge in [-0.25, -0.2) is 0 Å². The highest BCUT2D eigenvalue weighted by molar-refractivity contribution is 6.30. The maximum absolute atomic E-state index is 8.62. The van der Waals surface area contributed by atoms with Crippen molar-refractivity contribution in [2.75, 3.05) is 19.2 Å². The van der Waals surface area contributed by atoms with E-state index in [1.165, 1.54) is 0 Å². The lowest BCUT2D eigenvalue weighted by atomic mass is 10.3. The van der Waals surface area contributed by atoms with Crippen molar-refractivity contribution in [1.82, 2.24) is 0 Å². The minimum Gasteiger partial charge on any atom is -0.495 e. The third-order valence-corrected chi connectivity index (χ3v) is 1.67. The summed E-state index contributed by atoms with van der Waals surface area (Å²) in [6.07, 6.45) is 0. The van der Waals surface area contributed by atoms with Crippen LogP contribution < -0.4 is 10.1 Å². The van der Waals surface area contributed by atoms with Crippen molar-refractivity contribution in [1.29, 1.82) is 0 Å². The van der Waals surface area contributed by atoms with Gasteiger partial charge in [0.15, 0.2) is 0 Å². The van der Waals surface area contributed by atoms with Crippen LogP contribution in [0.25, 0.3) is 0 Å². The number of nitrogens with one attached hydrogen (secondary N) is 1. The summed E-state index contributed by atoms with van der Waals surface area (Å²) in [5, 5.41) is 11.9. The predicted octanol–water partition coefficient (Wildman–Crippen LogP) is 1.71. The Bertz CT molecular complexity index is 265. The molecule has 1 aromatic carbocycles. The standard InChI is InChI=1S/C8H10ClNO2/c1-12-8-3-2-6(9)4-7(8)10-5-11/h2-4,10-11H,5H2,1H3. The molecule has 12 heavy (non-hydrogen) atoms. The number of anilines is 1. The Labute approximate surface area is 75.9 Å². The van der Waals surface area contributed by atoms with Gasteiger partial charge >= 0.3 is 0 Å². The van der Waals surface area contributed by atoms with E-state index < -0.39 is 0 Å². The monoisotopic (exact) mass is 187 g/mol. The van der Waals surface area contributed by atoms with Gasteiger partial charge in [0, 0.05) is 5.02 Å². The summed E-state index contributed by atoms with van der Waals surface area (Å²) in [7, 11) is 1.56. The number of ether oxygens (including phenoxy) is 1. The molecular formula is C8H10ClNO2. The summed E-state index contributed by atoms with van der Waals surface area (Å²) < 4.78 is 5.02. The molecule has 2 N–H and O–H groups in total. The smallest absolute Gasteiger partial charge is 0.142 e. The van der Waals surface area contributed by atoms with E-state index in [-0.39, 0.29) is 6.73 Å². The molecule has 0 aliphatic heterocycles. The Kier molecular flexibility index (Phi) is 3.19. The summed E-state index contributed by atoms with van der Waals surface area (Å²) in [4.78, 5) is 0. The average Bonchev–Trinajstić information content (AvgIpc) is 2.05. The summed E-state index contributed by atoms with van der Waals surface area (Å²) in [5.74, 6) is 0.661. The predicted molar refractivity (Wildman–Crippen MR) is 48.7 cm³/mol. The van der Waals surface area contributed by atoms with E-state index in [9.17, 15) is 0 Å². The first-order valence-electron chi connectivity index (χ1n) is 3.46. The van der Waals surface area contributed by atoms with Crippen molar-refractivity contribution in [2.45, 2.75) is 0 Å². The molecule has 0 radical (unpaired) electrons. The van der Waals surface area contributed by atoms with Crippen molar-refractivity contribution in [3.05, 3.63) is 23.2 Å². The molecule has 0 aromatic heterocycles. The highest BCUT2D eigenvalue weighted by Gasteiger charge is 2.01. The molecule has 0 aliphatic rings. The lowest BCUT2D eigenvalue weighted by Crippen LogP contribution is -2.01. The second-order valence-electron chi connectivity index (χ2n) is 2.18. The molecule has 1 rings (SSSR count). The number of benzene rings is 1. The molecule has 0 heterocycles. The molecule has 4 heteroatoms. The number of aliphatic hydroxyl groups excluding tert-OH is 1. The number of hydrogen-bond donors (Lipinski definition) is 2. The Hall–Kier alpha value is -0.930. The minimum absolute atomic E-state index is 0.142. The van der Waals surface area contributed by atoms with Crippen LogP contribution in [0.15, 0.2) is 18.2 Å². The molecule has 0 amide bonds. The molecular weight excluding hydrogens is 178 g/mol. The third-order valence-electron chi connectivity index (χ3n) is 1.43. The van der Waals surface area contributed by atoms with E-state index in [4.69, 9.17) is 21.4 Å². The summed E-state index contributed by atoms with van der Waals surface area (Å²) in [5.41, 5.74) is 0.688. The van der Waals surface area contributed by atoms with Crippen molar-refractivity contribution in [3.63, 3.8) is 0 Å². The fraction of sp³-hybridized carbons (Fsp3) is 0.250. The van der Waals surface area contributed by atoms with Crippen LogP contribution in [0.4, 0.5) is 5.69 Å². The van der Waals surface area contributed by atoms with Crippen LogP contribution in [0.1, 0.15) is 0 Å². The first kappa shape index (κ1) is 9.16. The summed E-state index contributed by atoms with van der Waals surface area (Å²) in [6.45, 7) is -0.142. The van der Waals surface area contributed by atoms with Gasteiger partial charge in [0.05, 0.1) is 12.8 Å². The maximum atomic E-state index is 8.62. The zero-order valence-corrected chi connectivity index (χ0v) is 7.43. The third kappa shape index (κ3) is 2.03. The molecule has 0 bridgehead atoms. The van der Waals surface area contributed by atoms with Crippen LogP contribution in [-0.2, 0) is 0 Å². The Balaban J connectivity index is 2.95. The summed E-state index contributed by atoms with van der Waals surface area (Å²) >= 11 is 5.73. The fourth-order valence-corrected chi connectivity index (χ4v) is 1.08. The molecule has 0 aliphatic carbocycles. The number of methoxy groups -OCH3 is 1. The van der Waals surface area contributed by atoms with Gasteiger partial charge < -0.3 is 15.2 Å². The Morgan fingerprint density at radius 3 is 2.92 bits per heavy atom. The van der Waals surface area contributed by atoms with Crippen molar-refractivity contribution >= 4 is 17.3 Å². The normalized spacial score (nSPS) is 9.58. The first-order chi connectivity index (χ1) is 5.77. The van der Waals surface area contributed by atoms with Gasteiger partial charge in [-0.15, -0.1) is 0 Å². The van der Waals surface area contributed by atoms with Crippen LogP contribution in [0.5, 0.6) is 5.75 Å². The van der Waals surface area contributed by atoms with Crippen LogP contribution in [0.2, 0.25) is 5.02 Å². The number of halogens is 1. The Morgan fingerprint density at radius 1 is 1.58 bits per heavy atom. The summed E-state index contributed by atoms with van der Waals surface area (Å²) in [6, 6.07) is 5.15. The van der Waals surface area contributed by atoms with Crippen LogP contribution in [0.3, 0.4) is 0 Å². The van der Waals surface area contributed by atoms with E-state index >= 15 is 0 Å². The van der Waals surface area contributed by atoms with Crippen molar-refractivity contribution in [2.24, 2.45) is 0 Å². The topological polar surface area (TPSA) is 41.5 Å². The van der Waals surface area contributed by atoms with E-state index in [1.807, 2.05) is 0 Å². The van der Waals surface area contributed by atoms with Gasteiger partial charge in [0.1, 0.15) is 12.5 Å². The molecule has 0 saturated carbocycles. The van der Waals surface area contributed by atoms with E-state index in [0.717, 1.165) is 0 Å². The quantitative estimate of drug-likeness (QED) is 0.708. The second-order valence-corrected chi connectivity index (χ2v) is 2.62. The molecule has 1 aromatic rings. The first-order valence-corrected chi connectivity index (χ1v) is 3.84. The van der Waals surface area contributed by atoms with Gasteiger partial charge in [-0.2, -0.15) is 0 Å². The molecule has 0 spiro atoms. The SMILES string of the molecule is COc1ccc(Cl)cc1NCO. The molecule has 66 valence electrons. The second kappa shape index (κ2) is 4.18. The van der Waals surface area contributed by atoms with Crippen molar-refractivity contribution in [3.8, 4) is 5.75 Å². The van der Waals surface area contributed by atoms with Gasteiger partial charge in [0.2, 0.25) is 0 Å². The molecule has 3 nitrogen and oxygen atoms in total. The van der Waals surface area contributed by atoms with Crippen molar-refractivity contribution < 1.29 is 9.84 Å². The number of hydrogen-bond acceptors (Lipinski definition) is 3. The van der Waals surface area contributed by atoms with Crippen LogP contribution >= 0.6 is 11.6 Å². The lowest BCUT2D eigenvalue weighted by molar-refractivity contribution is 0.324. The zero-order valence-electron chi connectivity index (χ0n) is 6.67. The highest BCUT2D eigenvalue weighted by Crippen LogP contribution is 2.26. The van der Waals surface area contributed by atoms with Gasteiger partial charge in [-0.05, 0) is 18.2 Å². The van der Waals surface area contributed by atoms with Crippen LogP contribution in [0, 0.1) is 0 Å².